The highest BCUT2D eigenvalue weighted by Gasteiger charge is 2.40. The second-order valence-electron chi connectivity index (χ2n) is 4.41. The molecule has 4 nitrogen and oxygen atoms in total. The molecule has 2 amide bonds. The third-order valence-electron chi connectivity index (χ3n) is 2.98. The van der Waals surface area contributed by atoms with Crippen LogP contribution in [0.1, 0.15) is 31.9 Å². The molecule has 1 N–H and O–H groups in total. The summed E-state index contributed by atoms with van der Waals surface area (Å²) in [7, 11) is 0. The second-order valence-corrected chi connectivity index (χ2v) is 5.23. The predicted octanol–water partition coefficient (Wildman–Crippen LogP) is 2.93. The van der Waals surface area contributed by atoms with Crippen LogP contribution < -0.4 is 10.2 Å². The van der Waals surface area contributed by atoms with Crippen LogP contribution in [-0.2, 0) is 9.59 Å². The number of hydrogen-bond acceptors (Lipinski definition) is 2. The molecule has 1 aliphatic heterocycles. The molecule has 1 heterocycles. The number of carbonyl (C=O) groups is 2. The summed E-state index contributed by atoms with van der Waals surface area (Å²) in [4.78, 5) is 25.2. The number of nitrogens with one attached hydrogen (secondary N) is 1. The molecule has 1 atom stereocenters. The Kier molecular flexibility index (Phi) is 4.02. The summed E-state index contributed by atoms with van der Waals surface area (Å²) in [5, 5.41) is 3.53. The normalized spacial score (nSPS) is 17.6. The van der Waals surface area contributed by atoms with Crippen LogP contribution in [0, 0.1) is 0 Å². The zero-order valence-corrected chi connectivity index (χ0v) is 12.2. The maximum absolute atomic E-state index is 12.4. The van der Waals surface area contributed by atoms with Crippen LogP contribution in [0.5, 0.6) is 0 Å². The summed E-state index contributed by atoms with van der Waals surface area (Å²) in [6.07, 6.45) is 0.792. The minimum absolute atomic E-state index is 0.193. The highest BCUT2D eigenvalue weighted by Crippen LogP contribution is 2.44. The van der Waals surface area contributed by atoms with Crippen molar-refractivity contribution in [2.24, 2.45) is 0 Å². The lowest BCUT2D eigenvalue weighted by Gasteiger charge is -2.17. The van der Waals surface area contributed by atoms with Crippen molar-refractivity contribution in [3.63, 3.8) is 0 Å². The fourth-order valence-electron chi connectivity index (χ4n) is 2.28. The smallest absolute Gasteiger partial charge is 0.254 e. The molecule has 102 valence electrons. The van der Waals surface area contributed by atoms with E-state index in [2.05, 4.69) is 5.32 Å². The number of carbonyl (C=O) groups excluding carboxylic acids is 2. The first-order valence-electron chi connectivity index (χ1n) is 6.03. The van der Waals surface area contributed by atoms with E-state index >= 15 is 0 Å². The minimum atomic E-state index is -0.745. The molecule has 0 unspecified atom stereocenters. The molecule has 1 aromatic rings. The summed E-state index contributed by atoms with van der Waals surface area (Å²) in [6, 6.07) is 2.56. The second kappa shape index (κ2) is 5.39. The number of nitrogens with zero attached hydrogens (tertiary/aromatic N) is 1. The number of rotatable bonds is 3. The van der Waals surface area contributed by atoms with E-state index in [0.717, 1.165) is 6.42 Å². The van der Waals surface area contributed by atoms with Gasteiger partial charge in [0.2, 0.25) is 5.91 Å². The van der Waals surface area contributed by atoms with Crippen molar-refractivity contribution >= 4 is 40.7 Å². The third-order valence-corrected chi connectivity index (χ3v) is 3.62. The summed E-state index contributed by atoms with van der Waals surface area (Å²) >= 11 is 12.3. The van der Waals surface area contributed by atoms with Gasteiger partial charge >= 0.3 is 0 Å². The van der Waals surface area contributed by atoms with Crippen molar-refractivity contribution < 1.29 is 9.59 Å². The van der Waals surface area contributed by atoms with Crippen LogP contribution in [0.15, 0.2) is 12.1 Å². The van der Waals surface area contributed by atoms with E-state index in [9.17, 15) is 9.59 Å². The maximum atomic E-state index is 12.4. The van der Waals surface area contributed by atoms with Gasteiger partial charge < -0.3 is 10.2 Å². The molecule has 0 aliphatic carbocycles. The van der Waals surface area contributed by atoms with Crippen molar-refractivity contribution in [1.82, 2.24) is 5.32 Å². The van der Waals surface area contributed by atoms with E-state index in [1.165, 1.54) is 6.92 Å². The Morgan fingerprint density at radius 3 is 2.58 bits per heavy atom. The summed E-state index contributed by atoms with van der Waals surface area (Å²) in [5.41, 5.74) is 1.20. The van der Waals surface area contributed by atoms with Gasteiger partial charge in [0.15, 0.2) is 0 Å². The van der Waals surface area contributed by atoms with Gasteiger partial charge in [-0.15, -0.1) is 0 Å². The Balaban J connectivity index is 2.56. The molecule has 0 radical (unpaired) electrons. The average molecular weight is 301 g/mol. The summed E-state index contributed by atoms with van der Waals surface area (Å²) < 4.78 is 0. The molecule has 0 saturated heterocycles. The van der Waals surface area contributed by atoms with E-state index in [-0.39, 0.29) is 11.8 Å². The van der Waals surface area contributed by atoms with E-state index in [4.69, 9.17) is 23.2 Å². The number of hydrogen-bond donors (Lipinski definition) is 1. The van der Waals surface area contributed by atoms with Crippen molar-refractivity contribution in [3.05, 3.63) is 27.7 Å². The molecule has 2 rings (SSSR count). The van der Waals surface area contributed by atoms with Gasteiger partial charge in [-0.2, -0.15) is 0 Å². The van der Waals surface area contributed by atoms with E-state index < -0.39 is 6.04 Å². The number of benzene rings is 1. The molecule has 19 heavy (non-hydrogen) atoms. The van der Waals surface area contributed by atoms with Gasteiger partial charge in [0, 0.05) is 24.1 Å². The predicted molar refractivity (Wildman–Crippen MR) is 75.7 cm³/mol. The molecule has 0 aromatic heterocycles. The topological polar surface area (TPSA) is 49.4 Å². The molecule has 1 aliphatic rings. The molecule has 1 aromatic carbocycles. The first kappa shape index (κ1) is 14.2. The lowest BCUT2D eigenvalue weighted by atomic mass is 10.1. The van der Waals surface area contributed by atoms with Gasteiger partial charge in [-0.1, -0.05) is 30.1 Å². The quantitative estimate of drug-likeness (QED) is 0.933. The molecular weight excluding hydrogens is 287 g/mol. The first-order valence-corrected chi connectivity index (χ1v) is 6.79. The van der Waals surface area contributed by atoms with Gasteiger partial charge in [0.1, 0.15) is 6.04 Å². The zero-order valence-electron chi connectivity index (χ0n) is 10.7. The lowest BCUT2D eigenvalue weighted by Crippen LogP contribution is -2.37. The molecule has 0 fully saturated rings. The minimum Gasteiger partial charge on any atom is -0.341 e. The number of anilines is 1. The number of halogens is 2. The highest BCUT2D eigenvalue weighted by molar-refractivity contribution is 6.38. The zero-order chi connectivity index (χ0) is 14.2. The molecule has 6 heteroatoms. The van der Waals surface area contributed by atoms with E-state index in [1.54, 1.807) is 17.0 Å². The van der Waals surface area contributed by atoms with Gasteiger partial charge in [0.05, 0.1) is 10.7 Å². The summed E-state index contributed by atoms with van der Waals surface area (Å²) in [5.74, 6) is -0.472. The monoisotopic (exact) mass is 300 g/mol. The van der Waals surface area contributed by atoms with E-state index in [0.29, 0.717) is 27.8 Å². The van der Waals surface area contributed by atoms with Crippen molar-refractivity contribution in [1.29, 1.82) is 0 Å². The molecule has 0 saturated carbocycles. The van der Waals surface area contributed by atoms with Gasteiger partial charge in [-0.25, -0.2) is 0 Å². The SMILES string of the molecule is CCCN1C(=O)[C@H](NC(C)=O)c2c(Cl)ccc(Cl)c21. The van der Waals surface area contributed by atoms with Crippen LogP contribution in [0.4, 0.5) is 5.69 Å². The van der Waals surface area contributed by atoms with Gasteiger partial charge in [-0.05, 0) is 18.6 Å². The average Bonchev–Trinajstić information content (AvgIpc) is 2.60. The summed E-state index contributed by atoms with van der Waals surface area (Å²) in [6.45, 7) is 3.88. The van der Waals surface area contributed by atoms with Crippen LogP contribution >= 0.6 is 23.2 Å². The Bertz CT molecular complexity index is 546. The lowest BCUT2D eigenvalue weighted by molar-refractivity contribution is -0.126. The van der Waals surface area contributed by atoms with Crippen LogP contribution in [0.2, 0.25) is 10.0 Å². The molecule has 0 bridgehead atoms. The van der Waals surface area contributed by atoms with Crippen LogP contribution in [0.3, 0.4) is 0 Å². The number of amides is 2. The largest absolute Gasteiger partial charge is 0.341 e. The Morgan fingerprint density at radius 1 is 1.37 bits per heavy atom. The van der Waals surface area contributed by atoms with Crippen LogP contribution in [0.25, 0.3) is 0 Å². The molecule has 0 spiro atoms. The fourth-order valence-corrected chi connectivity index (χ4v) is 2.81. The van der Waals surface area contributed by atoms with Gasteiger partial charge in [0.25, 0.3) is 5.91 Å². The Hall–Kier alpha value is -1.26. The fraction of sp³-hybridized carbons (Fsp3) is 0.385. The Morgan fingerprint density at radius 2 is 2.00 bits per heavy atom. The Labute approximate surface area is 121 Å². The highest BCUT2D eigenvalue weighted by atomic mass is 35.5. The number of fused-ring (bicyclic) bond motifs is 1. The third kappa shape index (κ3) is 2.42. The van der Waals surface area contributed by atoms with Gasteiger partial charge in [-0.3, -0.25) is 9.59 Å². The maximum Gasteiger partial charge on any atom is 0.254 e. The van der Waals surface area contributed by atoms with Crippen LogP contribution in [-0.4, -0.2) is 18.4 Å². The van der Waals surface area contributed by atoms with Crippen molar-refractivity contribution in [2.75, 3.05) is 11.4 Å². The van der Waals surface area contributed by atoms with E-state index in [1.807, 2.05) is 6.92 Å². The van der Waals surface area contributed by atoms with Crippen molar-refractivity contribution in [2.45, 2.75) is 26.3 Å². The first-order chi connectivity index (χ1) is 8.97. The molecular formula is C13H14Cl2N2O2. The van der Waals surface area contributed by atoms with Crippen molar-refractivity contribution in [3.8, 4) is 0 Å². The standard InChI is InChI=1S/C13H14Cl2N2O2/c1-3-6-17-12-9(15)5-4-8(14)10(12)11(13(17)19)16-7(2)18/h4-5,11H,3,6H2,1-2H3,(H,16,18)/t11-/m1/s1.